The van der Waals surface area contributed by atoms with Gasteiger partial charge in [-0.25, -0.2) is 0 Å². The smallest absolute Gasteiger partial charge is 0.193 e. The summed E-state index contributed by atoms with van der Waals surface area (Å²) in [6.07, 6.45) is 0. The zero-order chi connectivity index (χ0) is 14.7. The van der Waals surface area contributed by atoms with E-state index in [0.29, 0.717) is 10.7 Å². The maximum atomic E-state index is 12.8. The summed E-state index contributed by atoms with van der Waals surface area (Å²) in [6, 6.07) is 11.4. The van der Waals surface area contributed by atoms with Crippen LogP contribution in [0.2, 0.25) is 0 Å². The van der Waals surface area contributed by atoms with Gasteiger partial charge in [0.25, 0.3) is 0 Å². The van der Waals surface area contributed by atoms with Gasteiger partial charge in [-0.15, -0.1) is 0 Å². The third-order valence-corrected chi connectivity index (χ3v) is 5.60. The Morgan fingerprint density at radius 1 is 0.800 bits per heavy atom. The summed E-state index contributed by atoms with van der Waals surface area (Å²) >= 11 is 13.9. The molecule has 0 aromatic heterocycles. The first kappa shape index (κ1) is 16.4. The maximum Gasteiger partial charge on any atom is 0.193 e. The van der Waals surface area contributed by atoms with Gasteiger partial charge in [0.05, 0.1) is 0 Å². The van der Waals surface area contributed by atoms with Crippen LogP contribution in [-0.4, -0.2) is 5.78 Å². The minimum absolute atomic E-state index is 0.0384. The van der Waals surface area contributed by atoms with Gasteiger partial charge in [0.2, 0.25) is 0 Å². The molecule has 2 aromatic rings. The van der Waals surface area contributed by atoms with Gasteiger partial charge in [0, 0.05) is 30.7 Å². The van der Waals surface area contributed by atoms with Gasteiger partial charge in [0.15, 0.2) is 5.78 Å². The van der Waals surface area contributed by atoms with Crippen molar-refractivity contribution in [3.05, 3.63) is 67.6 Å². The summed E-state index contributed by atoms with van der Waals surface area (Å²) in [7, 11) is 0. The van der Waals surface area contributed by atoms with E-state index in [0.717, 1.165) is 31.2 Å². The van der Waals surface area contributed by atoms with Crippen molar-refractivity contribution < 1.29 is 4.79 Å². The summed E-state index contributed by atoms with van der Waals surface area (Å²) in [6.45, 7) is 0. The van der Waals surface area contributed by atoms with E-state index in [1.165, 1.54) is 0 Å². The lowest BCUT2D eigenvalue weighted by atomic mass is 9.96. The number of alkyl halides is 2. The third-order valence-electron chi connectivity index (χ3n) is 2.99. The highest BCUT2D eigenvalue weighted by molar-refractivity contribution is 9.11. The van der Waals surface area contributed by atoms with Crippen LogP contribution in [0.15, 0.2) is 45.3 Å². The fourth-order valence-corrected chi connectivity index (χ4v) is 4.93. The van der Waals surface area contributed by atoms with E-state index in [1.54, 1.807) is 0 Å². The van der Waals surface area contributed by atoms with Crippen molar-refractivity contribution in [2.45, 2.75) is 10.7 Å². The Labute approximate surface area is 151 Å². The molecule has 104 valence electrons. The van der Waals surface area contributed by atoms with Crippen LogP contribution in [0.4, 0.5) is 0 Å². The first-order valence-corrected chi connectivity index (χ1v) is 9.64. The zero-order valence-electron chi connectivity index (χ0n) is 10.3. The first-order valence-electron chi connectivity index (χ1n) is 5.81. The molecule has 1 nitrogen and oxygen atoms in total. The van der Waals surface area contributed by atoms with Crippen LogP contribution in [0.25, 0.3) is 0 Å². The fourth-order valence-electron chi connectivity index (χ4n) is 1.96. The Kier molecular flexibility index (Phi) is 6.02. The van der Waals surface area contributed by atoms with Crippen molar-refractivity contribution in [2.24, 2.45) is 0 Å². The van der Waals surface area contributed by atoms with E-state index >= 15 is 0 Å². The molecule has 20 heavy (non-hydrogen) atoms. The standard InChI is InChI=1S/C15H10Br4O/c16-7-11-9(3-1-5-13(11)18)15(20)10-4-2-6-14(19)12(10)8-17/h1-6H,7-8H2. The number of hydrogen-bond donors (Lipinski definition) is 0. The van der Waals surface area contributed by atoms with Crippen LogP contribution in [0.3, 0.4) is 0 Å². The Hall–Kier alpha value is 0.0300. The third kappa shape index (κ3) is 3.26. The van der Waals surface area contributed by atoms with Crippen LogP contribution in [0.1, 0.15) is 27.0 Å². The van der Waals surface area contributed by atoms with Crippen molar-refractivity contribution in [3.63, 3.8) is 0 Å². The van der Waals surface area contributed by atoms with Gasteiger partial charge in [-0.1, -0.05) is 88.0 Å². The number of ketones is 1. The second-order valence-corrected chi connectivity index (χ2v) is 6.96. The molecule has 0 heterocycles. The second-order valence-electron chi connectivity index (χ2n) is 4.13. The zero-order valence-corrected chi connectivity index (χ0v) is 16.6. The summed E-state index contributed by atoms with van der Waals surface area (Å²) < 4.78 is 1.88. The number of benzene rings is 2. The van der Waals surface area contributed by atoms with Gasteiger partial charge < -0.3 is 0 Å². The molecule has 0 aliphatic carbocycles. The highest BCUT2D eigenvalue weighted by atomic mass is 79.9. The van der Waals surface area contributed by atoms with E-state index in [2.05, 4.69) is 63.7 Å². The average Bonchev–Trinajstić information content (AvgIpc) is 2.46. The molecule has 0 saturated carbocycles. The molecule has 0 bridgehead atoms. The number of hydrogen-bond acceptors (Lipinski definition) is 1. The predicted molar refractivity (Wildman–Crippen MR) is 97.0 cm³/mol. The Bertz CT molecular complexity index is 597. The van der Waals surface area contributed by atoms with E-state index in [4.69, 9.17) is 0 Å². The summed E-state index contributed by atoms with van der Waals surface area (Å²) in [5.74, 6) is 0.0384. The van der Waals surface area contributed by atoms with Crippen LogP contribution in [0, 0.1) is 0 Å². The van der Waals surface area contributed by atoms with Crippen molar-refractivity contribution in [1.29, 1.82) is 0 Å². The van der Waals surface area contributed by atoms with Crippen LogP contribution >= 0.6 is 63.7 Å². The Balaban J connectivity index is 2.58. The maximum absolute atomic E-state index is 12.8. The molecule has 0 atom stereocenters. The van der Waals surface area contributed by atoms with Crippen molar-refractivity contribution in [3.8, 4) is 0 Å². The lowest BCUT2D eigenvalue weighted by molar-refractivity contribution is 0.103. The van der Waals surface area contributed by atoms with Gasteiger partial charge in [0.1, 0.15) is 0 Å². The molecule has 0 radical (unpaired) electrons. The van der Waals surface area contributed by atoms with Gasteiger partial charge in [-0.3, -0.25) is 4.79 Å². The molecule has 0 amide bonds. The number of rotatable bonds is 4. The molecule has 0 spiro atoms. The van der Waals surface area contributed by atoms with Crippen molar-refractivity contribution in [2.75, 3.05) is 0 Å². The second kappa shape index (κ2) is 7.34. The highest BCUT2D eigenvalue weighted by Crippen LogP contribution is 2.29. The van der Waals surface area contributed by atoms with E-state index in [-0.39, 0.29) is 5.78 Å². The van der Waals surface area contributed by atoms with Crippen molar-refractivity contribution in [1.82, 2.24) is 0 Å². The lowest BCUT2D eigenvalue weighted by Gasteiger charge is -2.12. The molecule has 0 N–H and O–H groups in total. The lowest BCUT2D eigenvalue weighted by Crippen LogP contribution is -2.08. The predicted octanol–water partition coefficient (Wildman–Crippen LogP) is 6.23. The van der Waals surface area contributed by atoms with Crippen LogP contribution < -0.4 is 0 Å². The Morgan fingerprint density at radius 2 is 1.20 bits per heavy atom. The minimum Gasteiger partial charge on any atom is -0.289 e. The fraction of sp³-hybridized carbons (Fsp3) is 0.133. The molecule has 0 fully saturated rings. The molecule has 0 aliphatic heterocycles. The molecule has 0 saturated heterocycles. The number of carbonyl (C=O) groups is 1. The van der Waals surface area contributed by atoms with Crippen molar-refractivity contribution >= 4 is 69.5 Å². The van der Waals surface area contributed by atoms with E-state index < -0.39 is 0 Å². The molecule has 2 rings (SSSR count). The average molecular weight is 526 g/mol. The SMILES string of the molecule is O=C(c1cccc(Br)c1CBr)c1cccc(Br)c1CBr. The van der Waals surface area contributed by atoms with E-state index in [1.807, 2.05) is 36.4 Å². The summed E-state index contributed by atoms with van der Waals surface area (Å²) in [4.78, 5) is 12.8. The monoisotopic (exact) mass is 522 g/mol. The number of carbonyl (C=O) groups excluding carboxylic acids is 1. The molecule has 5 heteroatoms. The van der Waals surface area contributed by atoms with Gasteiger partial charge in [-0.05, 0) is 23.3 Å². The minimum atomic E-state index is 0.0384. The quantitative estimate of drug-likeness (QED) is 0.341. The van der Waals surface area contributed by atoms with Gasteiger partial charge >= 0.3 is 0 Å². The molecule has 2 aromatic carbocycles. The molecular formula is C15H10Br4O. The van der Waals surface area contributed by atoms with E-state index in [9.17, 15) is 4.79 Å². The molecule has 0 aliphatic rings. The molecular weight excluding hydrogens is 516 g/mol. The van der Waals surface area contributed by atoms with Crippen LogP contribution in [0.5, 0.6) is 0 Å². The first-order chi connectivity index (χ1) is 9.60. The largest absolute Gasteiger partial charge is 0.289 e. The summed E-state index contributed by atoms with van der Waals surface area (Å²) in [5, 5.41) is 1.26. The number of halogens is 4. The highest BCUT2D eigenvalue weighted by Gasteiger charge is 2.18. The normalized spacial score (nSPS) is 10.6. The summed E-state index contributed by atoms with van der Waals surface area (Å²) in [5.41, 5.74) is 3.38. The topological polar surface area (TPSA) is 17.1 Å². The Morgan fingerprint density at radius 3 is 1.55 bits per heavy atom. The molecule has 0 unspecified atom stereocenters. The van der Waals surface area contributed by atoms with Gasteiger partial charge in [-0.2, -0.15) is 0 Å². The van der Waals surface area contributed by atoms with Crippen LogP contribution in [-0.2, 0) is 10.7 Å².